The lowest BCUT2D eigenvalue weighted by Crippen LogP contribution is -2.32. The molecule has 0 unspecified atom stereocenters. The Morgan fingerprint density at radius 1 is 1.50 bits per heavy atom. The van der Waals surface area contributed by atoms with Crippen LogP contribution in [0, 0.1) is 11.7 Å². The second kappa shape index (κ2) is 7.36. The molecule has 1 aromatic rings. The lowest BCUT2D eigenvalue weighted by Gasteiger charge is -2.07. The molecule has 0 spiro atoms. The molecule has 0 saturated heterocycles. The first-order chi connectivity index (χ1) is 8.49. The highest BCUT2D eigenvalue weighted by Gasteiger charge is 2.00. The van der Waals surface area contributed by atoms with Crippen LogP contribution in [0.4, 0.5) is 4.39 Å². The fourth-order valence-corrected chi connectivity index (χ4v) is 1.61. The fourth-order valence-electron chi connectivity index (χ4n) is 1.36. The number of hydrogen-bond donors (Lipinski definition) is 2. The molecule has 100 valence electrons. The van der Waals surface area contributed by atoms with Crippen LogP contribution in [0.15, 0.2) is 27.7 Å². The number of halogens is 2. The van der Waals surface area contributed by atoms with Crippen molar-refractivity contribution in [1.29, 1.82) is 0 Å². The zero-order valence-corrected chi connectivity index (χ0v) is 12.3. The van der Waals surface area contributed by atoms with Crippen molar-refractivity contribution in [3.05, 3.63) is 34.1 Å². The minimum Gasteiger partial charge on any atom is -0.370 e. The van der Waals surface area contributed by atoms with Gasteiger partial charge in [-0.05, 0) is 46.0 Å². The molecular weight excluding hydrogens is 297 g/mol. The van der Waals surface area contributed by atoms with Gasteiger partial charge < -0.3 is 11.1 Å². The molecule has 0 aromatic heterocycles. The largest absolute Gasteiger partial charge is 0.370 e. The van der Waals surface area contributed by atoms with Gasteiger partial charge in [0, 0.05) is 6.54 Å². The maximum absolute atomic E-state index is 13.3. The minimum atomic E-state index is -0.283. The third-order valence-electron chi connectivity index (χ3n) is 2.44. The molecule has 1 rings (SSSR count). The van der Waals surface area contributed by atoms with Crippen LogP contribution in [0.3, 0.4) is 0 Å². The first-order valence-corrected chi connectivity index (χ1v) is 6.76. The van der Waals surface area contributed by atoms with Crippen molar-refractivity contribution in [2.45, 2.75) is 26.8 Å². The van der Waals surface area contributed by atoms with E-state index in [1.165, 1.54) is 6.07 Å². The maximum Gasteiger partial charge on any atom is 0.188 e. The fraction of sp³-hybridized carbons (Fsp3) is 0.462. The number of hydrogen-bond acceptors (Lipinski definition) is 1. The van der Waals surface area contributed by atoms with Crippen molar-refractivity contribution in [2.75, 3.05) is 6.54 Å². The number of benzene rings is 1. The van der Waals surface area contributed by atoms with Crippen molar-refractivity contribution < 1.29 is 4.39 Å². The van der Waals surface area contributed by atoms with E-state index in [2.05, 4.69) is 40.1 Å². The van der Waals surface area contributed by atoms with Gasteiger partial charge in [-0.1, -0.05) is 19.9 Å². The lowest BCUT2D eigenvalue weighted by molar-refractivity contribution is 0.576. The van der Waals surface area contributed by atoms with Gasteiger partial charge in [0.15, 0.2) is 5.96 Å². The minimum absolute atomic E-state index is 0.283. The van der Waals surface area contributed by atoms with Gasteiger partial charge in [-0.3, -0.25) is 0 Å². The highest BCUT2D eigenvalue weighted by atomic mass is 79.9. The van der Waals surface area contributed by atoms with Crippen LogP contribution >= 0.6 is 15.9 Å². The smallest absolute Gasteiger partial charge is 0.188 e. The SMILES string of the molecule is CC(C)CCNC(N)=NCc1ccc(Br)c(F)c1. The van der Waals surface area contributed by atoms with Crippen molar-refractivity contribution in [2.24, 2.45) is 16.6 Å². The van der Waals surface area contributed by atoms with Crippen LogP contribution in [0.25, 0.3) is 0 Å². The Labute approximate surface area is 116 Å². The Balaban J connectivity index is 2.44. The van der Waals surface area contributed by atoms with Gasteiger partial charge in [-0.25, -0.2) is 9.38 Å². The van der Waals surface area contributed by atoms with E-state index in [1.54, 1.807) is 6.07 Å². The molecule has 0 heterocycles. The molecule has 0 radical (unpaired) electrons. The predicted octanol–water partition coefficient (Wildman–Crippen LogP) is 3.04. The van der Waals surface area contributed by atoms with Gasteiger partial charge in [0.05, 0.1) is 11.0 Å². The van der Waals surface area contributed by atoms with Crippen molar-refractivity contribution >= 4 is 21.9 Å². The van der Waals surface area contributed by atoms with Gasteiger partial charge in [0.1, 0.15) is 5.82 Å². The van der Waals surface area contributed by atoms with Crippen LogP contribution < -0.4 is 11.1 Å². The predicted molar refractivity (Wildman–Crippen MR) is 76.9 cm³/mol. The highest BCUT2D eigenvalue weighted by molar-refractivity contribution is 9.10. The molecule has 1 aromatic carbocycles. The van der Waals surface area contributed by atoms with Gasteiger partial charge >= 0.3 is 0 Å². The molecule has 18 heavy (non-hydrogen) atoms. The standard InChI is InChI=1S/C13H19BrFN3/c1-9(2)5-6-17-13(16)18-8-10-3-4-11(14)12(15)7-10/h3-4,7,9H,5-6,8H2,1-2H3,(H3,16,17,18). The van der Waals surface area contributed by atoms with E-state index in [0.717, 1.165) is 18.5 Å². The number of nitrogens with two attached hydrogens (primary N) is 1. The summed E-state index contributed by atoms with van der Waals surface area (Å²) in [5.74, 6) is 0.749. The monoisotopic (exact) mass is 315 g/mol. The Hall–Kier alpha value is -1.10. The van der Waals surface area contributed by atoms with Gasteiger partial charge in [0.25, 0.3) is 0 Å². The third kappa shape index (κ3) is 5.49. The second-order valence-corrected chi connectivity index (χ2v) is 5.41. The molecule has 3 nitrogen and oxygen atoms in total. The van der Waals surface area contributed by atoms with Crippen LogP contribution in [0.5, 0.6) is 0 Å². The lowest BCUT2D eigenvalue weighted by atomic mass is 10.1. The summed E-state index contributed by atoms with van der Waals surface area (Å²) < 4.78 is 13.7. The second-order valence-electron chi connectivity index (χ2n) is 4.56. The summed E-state index contributed by atoms with van der Waals surface area (Å²) >= 11 is 3.11. The molecule has 0 aliphatic carbocycles. The summed E-state index contributed by atoms with van der Waals surface area (Å²) in [6.45, 7) is 5.49. The van der Waals surface area contributed by atoms with Crippen molar-refractivity contribution in [3.63, 3.8) is 0 Å². The Bertz CT molecular complexity index is 419. The molecule has 0 saturated carbocycles. The Morgan fingerprint density at radius 2 is 2.22 bits per heavy atom. The number of aliphatic imine (C=N–C) groups is 1. The van der Waals surface area contributed by atoms with Crippen LogP contribution in [-0.4, -0.2) is 12.5 Å². The zero-order valence-electron chi connectivity index (χ0n) is 10.7. The van der Waals surface area contributed by atoms with E-state index < -0.39 is 0 Å². The summed E-state index contributed by atoms with van der Waals surface area (Å²) in [4.78, 5) is 4.16. The van der Waals surface area contributed by atoms with Gasteiger partial charge in [-0.2, -0.15) is 0 Å². The zero-order chi connectivity index (χ0) is 13.5. The molecule has 0 amide bonds. The molecular formula is C13H19BrFN3. The highest BCUT2D eigenvalue weighted by Crippen LogP contribution is 2.16. The summed E-state index contributed by atoms with van der Waals surface area (Å²) in [6.07, 6.45) is 1.04. The number of nitrogens with one attached hydrogen (secondary N) is 1. The Morgan fingerprint density at radius 3 is 2.83 bits per heavy atom. The molecule has 0 fully saturated rings. The van der Waals surface area contributed by atoms with E-state index in [1.807, 2.05) is 6.07 Å². The van der Waals surface area contributed by atoms with Crippen molar-refractivity contribution in [1.82, 2.24) is 5.32 Å². The molecule has 5 heteroatoms. The van der Waals surface area contributed by atoms with Crippen molar-refractivity contribution in [3.8, 4) is 0 Å². The van der Waals surface area contributed by atoms with E-state index >= 15 is 0 Å². The first-order valence-electron chi connectivity index (χ1n) is 5.96. The molecule has 0 aliphatic rings. The Kier molecular flexibility index (Phi) is 6.12. The molecule has 0 atom stereocenters. The quantitative estimate of drug-likeness (QED) is 0.648. The van der Waals surface area contributed by atoms with Crippen LogP contribution in [0.1, 0.15) is 25.8 Å². The normalized spacial score (nSPS) is 11.9. The van der Waals surface area contributed by atoms with Crippen LogP contribution in [-0.2, 0) is 6.54 Å². The molecule has 3 N–H and O–H groups in total. The number of nitrogens with zero attached hydrogens (tertiary/aromatic N) is 1. The van der Waals surface area contributed by atoms with Gasteiger partial charge in [-0.15, -0.1) is 0 Å². The summed E-state index contributed by atoms with van der Waals surface area (Å²) in [7, 11) is 0. The van der Waals surface area contributed by atoms with Gasteiger partial charge in [0.2, 0.25) is 0 Å². The molecule has 0 aliphatic heterocycles. The summed E-state index contributed by atoms with van der Waals surface area (Å²) in [5.41, 5.74) is 6.51. The average Bonchev–Trinajstić information content (AvgIpc) is 2.30. The number of rotatable bonds is 5. The first kappa shape index (κ1) is 15.0. The third-order valence-corrected chi connectivity index (χ3v) is 3.09. The molecule has 0 bridgehead atoms. The summed E-state index contributed by atoms with van der Waals surface area (Å²) in [5, 5.41) is 3.03. The average molecular weight is 316 g/mol. The van der Waals surface area contributed by atoms with E-state index in [0.29, 0.717) is 22.9 Å². The van der Waals surface area contributed by atoms with E-state index in [9.17, 15) is 4.39 Å². The number of guanidine groups is 1. The van der Waals surface area contributed by atoms with E-state index in [4.69, 9.17) is 5.73 Å². The maximum atomic E-state index is 13.3. The van der Waals surface area contributed by atoms with E-state index in [-0.39, 0.29) is 5.82 Å². The van der Waals surface area contributed by atoms with Crippen LogP contribution in [0.2, 0.25) is 0 Å². The topological polar surface area (TPSA) is 50.4 Å². The summed E-state index contributed by atoms with van der Waals surface area (Å²) in [6, 6.07) is 4.94.